The quantitative estimate of drug-likeness (QED) is 0.819. The van der Waals surface area contributed by atoms with Gasteiger partial charge in [0.1, 0.15) is 10.8 Å². The number of hydrogen-bond donors (Lipinski definition) is 1. The molecule has 0 aliphatic carbocycles. The monoisotopic (exact) mass is 251 g/mol. The lowest BCUT2D eigenvalue weighted by atomic mass is 10.1. The minimum absolute atomic E-state index is 0.275. The lowest BCUT2D eigenvalue weighted by Crippen LogP contribution is -2.27. The number of aryl methyl sites for hydroxylation is 1. The molecule has 4 nitrogen and oxygen atoms in total. The van der Waals surface area contributed by atoms with E-state index in [0.29, 0.717) is 4.99 Å². The zero-order valence-corrected chi connectivity index (χ0v) is 11.0. The van der Waals surface area contributed by atoms with Crippen molar-refractivity contribution in [3.63, 3.8) is 0 Å². The smallest absolute Gasteiger partial charge is 0.139 e. The van der Waals surface area contributed by atoms with Gasteiger partial charge in [0, 0.05) is 26.4 Å². The zero-order chi connectivity index (χ0) is 12.4. The molecule has 1 aliphatic rings. The van der Waals surface area contributed by atoms with E-state index in [1.54, 1.807) is 13.3 Å². The number of ether oxygens (including phenoxy) is 1. The van der Waals surface area contributed by atoms with E-state index in [4.69, 9.17) is 22.7 Å². The fourth-order valence-electron chi connectivity index (χ4n) is 2.20. The Kier molecular flexibility index (Phi) is 3.59. The maximum atomic E-state index is 5.78. The van der Waals surface area contributed by atoms with E-state index in [0.717, 1.165) is 36.5 Å². The average Bonchev–Trinajstić information content (AvgIpc) is 2.76. The molecule has 0 spiro atoms. The maximum Gasteiger partial charge on any atom is 0.139 e. The van der Waals surface area contributed by atoms with Gasteiger partial charge in [0.2, 0.25) is 0 Å². The third kappa shape index (κ3) is 2.40. The lowest BCUT2D eigenvalue weighted by Gasteiger charge is -2.21. The minimum Gasteiger partial charge on any atom is -0.389 e. The van der Waals surface area contributed by atoms with Gasteiger partial charge in [-0.05, 0) is 25.0 Å². The zero-order valence-electron chi connectivity index (χ0n) is 10.1. The van der Waals surface area contributed by atoms with Crippen LogP contribution >= 0.6 is 12.2 Å². The summed E-state index contributed by atoms with van der Waals surface area (Å²) >= 11 is 5.11. The van der Waals surface area contributed by atoms with Crippen LogP contribution in [0.25, 0.3) is 0 Å². The largest absolute Gasteiger partial charge is 0.389 e. The summed E-state index contributed by atoms with van der Waals surface area (Å²) in [6.45, 7) is 3.79. The first-order valence-corrected chi connectivity index (χ1v) is 6.07. The topological polar surface area (TPSA) is 51.4 Å². The second-order valence-corrected chi connectivity index (χ2v) is 4.72. The summed E-state index contributed by atoms with van der Waals surface area (Å²) in [7, 11) is 1.74. The van der Waals surface area contributed by atoms with Gasteiger partial charge in [-0.2, -0.15) is 0 Å². The number of anilines is 1. The first kappa shape index (κ1) is 12.3. The van der Waals surface area contributed by atoms with E-state index in [2.05, 4.69) is 9.88 Å². The SMILES string of the molecule is COC1CCN(c2nccc(C)c2C(N)=S)C1. The standard InChI is InChI=1S/C12H17N3OS/c1-8-3-5-14-12(10(8)11(13)17)15-6-4-9(7-15)16-2/h3,5,9H,4,6-7H2,1-2H3,(H2,13,17). The summed E-state index contributed by atoms with van der Waals surface area (Å²) in [6.07, 6.45) is 3.09. The molecule has 1 aliphatic heterocycles. The van der Waals surface area contributed by atoms with Crippen molar-refractivity contribution in [3.05, 3.63) is 23.4 Å². The highest BCUT2D eigenvalue weighted by atomic mass is 32.1. The molecule has 0 saturated carbocycles. The van der Waals surface area contributed by atoms with E-state index >= 15 is 0 Å². The van der Waals surface area contributed by atoms with Crippen molar-refractivity contribution in [2.45, 2.75) is 19.4 Å². The predicted octanol–water partition coefficient (Wildman–Crippen LogP) is 1.25. The summed E-state index contributed by atoms with van der Waals surface area (Å²) in [4.78, 5) is 7.01. The molecule has 2 heterocycles. The molecule has 5 heteroatoms. The summed E-state index contributed by atoms with van der Waals surface area (Å²) in [5.74, 6) is 0.886. The van der Waals surface area contributed by atoms with E-state index in [1.807, 2.05) is 13.0 Å². The van der Waals surface area contributed by atoms with Crippen molar-refractivity contribution in [3.8, 4) is 0 Å². The molecule has 0 amide bonds. The Balaban J connectivity index is 2.33. The maximum absolute atomic E-state index is 5.78. The van der Waals surface area contributed by atoms with E-state index in [1.165, 1.54) is 0 Å². The molecule has 1 aromatic heterocycles. The average molecular weight is 251 g/mol. The molecule has 0 bridgehead atoms. The van der Waals surface area contributed by atoms with Crippen molar-refractivity contribution < 1.29 is 4.74 Å². The Hall–Kier alpha value is -1.20. The Morgan fingerprint density at radius 3 is 3.00 bits per heavy atom. The fourth-order valence-corrected chi connectivity index (χ4v) is 2.45. The van der Waals surface area contributed by atoms with Gasteiger partial charge in [-0.3, -0.25) is 0 Å². The van der Waals surface area contributed by atoms with Crippen LogP contribution in [-0.4, -0.2) is 36.3 Å². The highest BCUT2D eigenvalue weighted by molar-refractivity contribution is 7.80. The van der Waals surface area contributed by atoms with Crippen LogP contribution in [0.1, 0.15) is 17.5 Å². The third-order valence-electron chi connectivity index (χ3n) is 3.16. The van der Waals surface area contributed by atoms with Gasteiger partial charge in [0.15, 0.2) is 0 Å². The number of hydrogen-bond acceptors (Lipinski definition) is 4. The Bertz CT molecular complexity index is 436. The summed E-state index contributed by atoms with van der Waals surface area (Å²) in [5, 5.41) is 0. The van der Waals surface area contributed by atoms with Crippen LogP contribution in [0.2, 0.25) is 0 Å². The van der Waals surface area contributed by atoms with Gasteiger partial charge in [0.25, 0.3) is 0 Å². The summed E-state index contributed by atoms with van der Waals surface area (Å²) < 4.78 is 5.36. The van der Waals surface area contributed by atoms with Crippen molar-refractivity contribution in [2.24, 2.45) is 5.73 Å². The molecule has 1 saturated heterocycles. The molecule has 0 aromatic carbocycles. The van der Waals surface area contributed by atoms with E-state index in [9.17, 15) is 0 Å². The Morgan fingerprint density at radius 1 is 1.65 bits per heavy atom. The van der Waals surface area contributed by atoms with Crippen LogP contribution in [0.4, 0.5) is 5.82 Å². The minimum atomic E-state index is 0.275. The highest BCUT2D eigenvalue weighted by Gasteiger charge is 2.25. The van der Waals surface area contributed by atoms with Crippen LogP contribution in [-0.2, 0) is 4.74 Å². The first-order valence-electron chi connectivity index (χ1n) is 5.66. The van der Waals surface area contributed by atoms with Crippen molar-refractivity contribution in [1.29, 1.82) is 0 Å². The Morgan fingerprint density at radius 2 is 2.41 bits per heavy atom. The normalized spacial score (nSPS) is 19.6. The molecule has 92 valence electrons. The van der Waals surface area contributed by atoms with Crippen LogP contribution in [0.15, 0.2) is 12.3 Å². The van der Waals surface area contributed by atoms with Gasteiger partial charge in [0.05, 0.1) is 11.7 Å². The molecular formula is C12H17N3OS. The van der Waals surface area contributed by atoms with Crippen molar-refractivity contribution in [2.75, 3.05) is 25.1 Å². The molecule has 1 aromatic rings. The Labute approximate surface area is 107 Å². The number of thiocarbonyl (C=S) groups is 1. The van der Waals surface area contributed by atoms with Crippen LogP contribution in [0, 0.1) is 6.92 Å². The summed E-state index contributed by atoms with van der Waals surface area (Å²) in [6, 6.07) is 1.93. The number of nitrogens with zero attached hydrogens (tertiary/aromatic N) is 2. The summed E-state index contributed by atoms with van der Waals surface area (Å²) in [5.41, 5.74) is 7.74. The fraction of sp³-hybridized carbons (Fsp3) is 0.500. The number of aromatic nitrogens is 1. The van der Waals surface area contributed by atoms with Gasteiger partial charge < -0.3 is 15.4 Å². The second kappa shape index (κ2) is 4.98. The molecule has 2 rings (SSSR count). The third-order valence-corrected chi connectivity index (χ3v) is 3.37. The molecule has 2 N–H and O–H groups in total. The molecule has 1 atom stereocenters. The van der Waals surface area contributed by atoms with Gasteiger partial charge in [-0.1, -0.05) is 12.2 Å². The number of methoxy groups -OCH3 is 1. The van der Waals surface area contributed by atoms with Crippen molar-refractivity contribution in [1.82, 2.24) is 4.98 Å². The predicted molar refractivity (Wildman–Crippen MR) is 72.5 cm³/mol. The molecule has 0 radical (unpaired) electrons. The molecule has 17 heavy (non-hydrogen) atoms. The van der Waals surface area contributed by atoms with Crippen LogP contribution < -0.4 is 10.6 Å². The second-order valence-electron chi connectivity index (χ2n) is 4.28. The van der Waals surface area contributed by atoms with E-state index in [-0.39, 0.29) is 6.10 Å². The van der Waals surface area contributed by atoms with Gasteiger partial charge >= 0.3 is 0 Å². The molecular weight excluding hydrogens is 234 g/mol. The van der Waals surface area contributed by atoms with E-state index < -0.39 is 0 Å². The lowest BCUT2D eigenvalue weighted by molar-refractivity contribution is 0.121. The van der Waals surface area contributed by atoms with Crippen LogP contribution in [0.5, 0.6) is 0 Å². The number of pyridine rings is 1. The molecule has 1 unspecified atom stereocenters. The molecule has 1 fully saturated rings. The van der Waals surface area contributed by atoms with Gasteiger partial charge in [-0.15, -0.1) is 0 Å². The van der Waals surface area contributed by atoms with Gasteiger partial charge in [-0.25, -0.2) is 4.98 Å². The number of nitrogens with two attached hydrogens (primary N) is 1. The highest BCUT2D eigenvalue weighted by Crippen LogP contribution is 2.25. The number of rotatable bonds is 3. The van der Waals surface area contributed by atoms with Crippen LogP contribution in [0.3, 0.4) is 0 Å². The van der Waals surface area contributed by atoms with Crippen molar-refractivity contribution >= 4 is 23.0 Å². The first-order chi connectivity index (χ1) is 8.13.